The minimum Gasteiger partial charge on any atom is -0.323 e. The molecule has 0 amide bonds. The maximum absolute atomic E-state index is 12.0. The molecule has 0 aliphatic carbocycles. The van der Waals surface area contributed by atoms with E-state index in [0.29, 0.717) is 19.5 Å². The summed E-state index contributed by atoms with van der Waals surface area (Å²) in [5, 5.41) is 3.07. The fourth-order valence-corrected chi connectivity index (χ4v) is 1.22. The van der Waals surface area contributed by atoms with Crippen LogP contribution in [-0.2, 0) is 6.54 Å². The molecule has 0 saturated heterocycles. The summed E-state index contributed by atoms with van der Waals surface area (Å²) < 4.78 is 24.1. The van der Waals surface area contributed by atoms with Gasteiger partial charge in [-0.05, 0) is 18.5 Å². The Bertz CT molecular complexity index is 265. The lowest BCUT2D eigenvalue weighted by Gasteiger charge is -2.10. The molecule has 3 N–H and O–H groups in total. The summed E-state index contributed by atoms with van der Waals surface area (Å²) in [6.07, 6.45) is -2.13. The van der Waals surface area contributed by atoms with Crippen molar-refractivity contribution in [2.75, 3.05) is 6.54 Å². The molecular formula is C11H16F2N2. The van der Waals surface area contributed by atoms with E-state index in [9.17, 15) is 8.78 Å². The van der Waals surface area contributed by atoms with Crippen LogP contribution in [0.4, 0.5) is 8.78 Å². The highest BCUT2D eigenvalue weighted by atomic mass is 19.3. The minimum atomic E-state index is -2.43. The quantitative estimate of drug-likeness (QED) is 0.708. The third-order valence-electron chi connectivity index (χ3n) is 2.15. The standard InChI is InChI=1S/C11H16F2N2/c12-11(13)10(14)6-7-15-8-9-4-2-1-3-5-9/h1-5,10-11,15H,6-8,14H2. The largest absolute Gasteiger partial charge is 0.323 e. The Morgan fingerprint density at radius 3 is 2.47 bits per heavy atom. The van der Waals surface area contributed by atoms with Gasteiger partial charge < -0.3 is 11.1 Å². The molecule has 4 heteroatoms. The monoisotopic (exact) mass is 214 g/mol. The van der Waals surface area contributed by atoms with Gasteiger partial charge in [-0.3, -0.25) is 0 Å². The van der Waals surface area contributed by atoms with Gasteiger partial charge in [-0.15, -0.1) is 0 Å². The zero-order chi connectivity index (χ0) is 11.1. The van der Waals surface area contributed by atoms with Crippen LogP contribution in [0.25, 0.3) is 0 Å². The minimum absolute atomic E-state index is 0.296. The molecule has 0 saturated carbocycles. The first kappa shape index (κ1) is 12.1. The van der Waals surface area contributed by atoms with E-state index in [1.807, 2.05) is 30.3 Å². The lowest BCUT2D eigenvalue weighted by atomic mass is 10.2. The van der Waals surface area contributed by atoms with Crippen molar-refractivity contribution < 1.29 is 8.78 Å². The van der Waals surface area contributed by atoms with Crippen LogP contribution in [0.1, 0.15) is 12.0 Å². The van der Waals surface area contributed by atoms with Crippen LogP contribution in [0.15, 0.2) is 30.3 Å². The van der Waals surface area contributed by atoms with Crippen molar-refractivity contribution >= 4 is 0 Å². The summed E-state index contributed by atoms with van der Waals surface area (Å²) in [6.45, 7) is 1.21. The first-order valence-corrected chi connectivity index (χ1v) is 4.98. The van der Waals surface area contributed by atoms with Crippen molar-refractivity contribution in [1.29, 1.82) is 0 Å². The number of alkyl halides is 2. The molecule has 1 unspecified atom stereocenters. The first-order valence-electron chi connectivity index (χ1n) is 4.98. The van der Waals surface area contributed by atoms with Crippen LogP contribution in [0.5, 0.6) is 0 Å². The molecule has 1 aromatic carbocycles. The number of hydrogen-bond donors (Lipinski definition) is 2. The Morgan fingerprint density at radius 1 is 1.20 bits per heavy atom. The molecule has 84 valence electrons. The molecule has 15 heavy (non-hydrogen) atoms. The van der Waals surface area contributed by atoms with Crippen molar-refractivity contribution in [1.82, 2.24) is 5.32 Å². The number of rotatable bonds is 6. The molecule has 2 nitrogen and oxygen atoms in total. The van der Waals surface area contributed by atoms with E-state index >= 15 is 0 Å². The molecular weight excluding hydrogens is 198 g/mol. The van der Waals surface area contributed by atoms with E-state index < -0.39 is 12.5 Å². The molecule has 1 atom stereocenters. The van der Waals surface area contributed by atoms with Gasteiger partial charge in [-0.1, -0.05) is 30.3 Å². The number of nitrogens with two attached hydrogens (primary N) is 1. The van der Waals surface area contributed by atoms with E-state index in [0.717, 1.165) is 5.56 Å². The highest BCUT2D eigenvalue weighted by molar-refractivity contribution is 5.14. The average molecular weight is 214 g/mol. The zero-order valence-corrected chi connectivity index (χ0v) is 8.50. The third-order valence-corrected chi connectivity index (χ3v) is 2.15. The maximum Gasteiger partial charge on any atom is 0.253 e. The number of nitrogens with one attached hydrogen (secondary N) is 1. The van der Waals surface area contributed by atoms with Gasteiger partial charge in [0.1, 0.15) is 0 Å². The molecule has 0 aliphatic rings. The second-order valence-corrected chi connectivity index (χ2v) is 3.45. The summed E-state index contributed by atoms with van der Waals surface area (Å²) >= 11 is 0. The average Bonchev–Trinajstić information content (AvgIpc) is 2.25. The van der Waals surface area contributed by atoms with Crippen LogP contribution in [-0.4, -0.2) is 19.0 Å². The van der Waals surface area contributed by atoms with Gasteiger partial charge in [0.15, 0.2) is 0 Å². The Hall–Kier alpha value is -1.00. The lowest BCUT2D eigenvalue weighted by Crippen LogP contribution is -2.32. The van der Waals surface area contributed by atoms with Gasteiger partial charge in [0.25, 0.3) is 6.43 Å². The van der Waals surface area contributed by atoms with Gasteiger partial charge in [-0.2, -0.15) is 0 Å². The van der Waals surface area contributed by atoms with E-state index in [4.69, 9.17) is 5.73 Å². The smallest absolute Gasteiger partial charge is 0.253 e. The summed E-state index contributed by atoms with van der Waals surface area (Å²) in [7, 11) is 0. The lowest BCUT2D eigenvalue weighted by molar-refractivity contribution is 0.112. The van der Waals surface area contributed by atoms with Crippen molar-refractivity contribution in [2.45, 2.75) is 25.4 Å². The van der Waals surface area contributed by atoms with Gasteiger partial charge in [0, 0.05) is 6.54 Å². The predicted octanol–water partition coefficient (Wildman–Crippen LogP) is 1.76. The summed E-state index contributed by atoms with van der Waals surface area (Å²) in [6, 6.07) is 8.79. The van der Waals surface area contributed by atoms with Crippen LogP contribution in [0.2, 0.25) is 0 Å². The van der Waals surface area contributed by atoms with Crippen LogP contribution in [0.3, 0.4) is 0 Å². The highest BCUT2D eigenvalue weighted by Gasteiger charge is 2.13. The molecule has 0 aromatic heterocycles. The fourth-order valence-electron chi connectivity index (χ4n) is 1.22. The second-order valence-electron chi connectivity index (χ2n) is 3.45. The molecule has 0 fully saturated rings. The van der Waals surface area contributed by atoms with Gasteiger partial charge in [-0.25, -0.2) is 8.78 Å². The number of halogens is 2. The molecule has 0 heterocycles. The van der Waals surface area contributed by atoms with E-state index in [-0.39, 0.29) is 0 Å². The van der Waals surface area contributed by atoms with Crippen LogP contribution < -0.4 is 11.1 Å². The molecule has 0 radical (unpaired) electrons. The molecule has 0 spiro atoms. The van der Waals surface area contributed by atoms with Gasteiger partial charge >= 0.3 is 0 Å². The maximum atomic E-state index is 12.0. The SMILES string of the molecule is NC(CCNCc1ccccc1)C(F)F. The fraction of sp³-hybridized carbons (Fsp3) is 0.455. The van der Waals surface area contributed by atoms with Crippen molar-refractivity contribution in [3.8, 4) is 0 Å². The summed E-state index contributed by atoms with van der Waals surface area (Å²) in [5.41, 5.74) is 6.35. The first-order chi connectivity index (χ1) is 7.20. The molecule has 1 aromatic rings. The Balaban J connectivity index is 2.12. The number of benzene rings is 1. The Morgan fingerprint density at radius 2 is 1.87 bits per heavy atom. The molecule has 1 rings (SSSR count). The summed E-state index contributed by atoms with van der Waals surface area (Å²) in [4.78, 5) is 0. The second kappa shape index (κ2) is 6.48. The summed E-state index contributed by atoms with van der Waals surface area (Å²) in [5.74, 6) is 0. The van der Waals surface area contributed by atoms with Crippen molar-refractivity contribution in [3.63, 3.8) is 0 Å². The normalized spacial score (nSPS) is 13.1. The van der Waals surface area contributed by atoms with Gasteiger partial charge in [0.05, 0.1) is 6.04 Å². The number of hydrogen-bond acceptors (Lipinski definition) is 2. The topological polar surface area (TPSA) is 38.0 Å². The van der Waals surface area contributed by atoms with Crippen LogP contribution in [0, 0.1) is 0 Å². The zero-order valence-electron chi connectivity index (χ0n) is 8.50. The van der Waals surface area contributed by atoms with E-state index in [1.165, 1.54) is 0 Å². The van der Waals surface area contributed by atoms with E-state index in [1.54, 1.807) is 0 Å². The Labute approximate surface area is 88.5 Å². The predicted molar refractivity (Wildman–Crippen MR) is 56.7 cm³/mol. The third kappa shape index (κ3) is 4.85. The molecule has 0 aliphatic heterocycles. The molecule has 0 bridgehead atoms. The Kier molecular flexibility index (Phi) is 5.21. The highest BCUT2D eigenvalue weighted by Crippen LogP contribution is 2.01. The van der Waals surface area contributed by atoms with Gasteiger partial charge in [0.2, 0.25) is 0 Å². The van der Waals surface area contributed by atoms with E-state index in [2.05, 4.69) is 5.32 Å². The van der Waals surface area contributed by atoms with Crippen molar-refractivity contribution in [2.24, 2.45) is 5.73 Å². The van der Waals surface area contributed by atoms with Crippen LogP contribution >= 0.6 is 0 Å². The van der Waals surface area contributed by atoms with Crippen molar-refractivity contribution in [3.05, 3.63) is 35.9 Å².